The van der Waals surface area contributed by atoms with Crippen LogP contribution in [0.25, 0.3) is 11.3 Å². The number of carbonyl (C=O) groups is 1. The minimum Gasteiger partial charge on any atom is -0.348 e. The summed E-state index contributed by atoms with van der Waals surface area (Å²) in [6.07, 6.45) is 1.76. The van der Waals surface area contributed by atoms with E-state index in [1.807, 2.05) is 44.2 Å². The highest BCUT2D eigenvalue weighted by molar-refractivity contribution is 5.85. The first-order valence-corrected chi connectivity index (χ1v) is 6.70. The zero-order valence-electron chi connectivity index (χ0n) is 12.2. The number of H-pyrrole nitrogens is 1. The van der Waals surface area contributed by atoms with E-state index in [-0.39, 0.29) is 24.2 Å². The van der Waals surface area contributed by atoms with E-state index in [0.717, 1.165) is 11.3 Å². The zero-order valence-corrected chi connectivity index (χ0v) is 13.0. The zero-order chi connectivity index (χ0) is 14.5. The third-order valence-corrected chi connectivity index (χ3v) is 3.16. The molecule has 6 heteroatoms. The Morgan fingerprint density at radius 3 is 2.62 bits per heavy atom. The van der Waals surface area contributed by atoms with E-state index in [2.05, 4.69) is 15.3 Å². The number of benzene rings is 1. The van der Waals surface area contributed by atoms with E-state index in [9.17, 15) is 4.79 Å². The van der Waals surface area contributed by atoms with Crippen LogP contribution in [0.1, 0.15) is 19.7 Å². The quantitative estimate of drug-likeness (QED) is 0.791. The van der Waals surface area contributed by atoms with Crippen molar-refractivity contribution in [1.29, 1.82) is 0 Å². The second kappa shape index (κ2) is 7.81. The van der Waals surface area contributed by atoms with E-state index < -0.39 is 6.04 Å². The minimum absolute atomic E-state index is 0. The van der Waals surface area contributed by atoms with Crippen molar-refractivity contribution in [2.45, 2.75) is 26.4 Å². The summed E-state index contributed by atoms with van der Waals surface area (Å²) in [6.45, 7) is 4.20. The molecule has 4 N–H and O–H groups in total. The first-order chi connectivity index (χ1) is 9.58. The van der Waals surface area contributed by atoms with Gasteiger partial charge in [0, 0.05) is 0 Å². The molecule has 0 aliphatic heterocycles. The Bertz CT molecular complexity index is 568. The lowest BCUT2D eigenvalue weighted by molar-refractivity contribution is -0.123. The second-order valence-corrected chi connectivity index (χ2v) is 5.10. The fourth-order valence-electron chi connectivity index (χ4n) is 1.81. The van der Waals surface area contributed by atoms with E-state index in [1.165, 1.54) is 0 Å². The molecule has 5 nitrogen and oxygen atoms in total. The Labute approximate surface area is 130 Å². The molecule has 0 saturated carbocycles. The smallest absolute Gasteiger partial charge is 0.237 e. The lowest BCUT2D eigenvalue weighted by atomic mass is 10.1. The van der Waals surface area contributed by atoms with Crippen molar-refractivity contribution in [3.8, 4) is 11.3 Å². The van der Waals surface area contributed by atoms with Crippen molar-refractivity contribution in [2.24, 2.45) is 11.7 Å². The molecule has 0 radical (unpaired) electrons. The molecule has 2 rings (SSSR count). The van der Waals surface area contributed by atoms with Crippen LogP contribution in [0.5, 0.6) is 0 Å². The largest absolute Gasteiger partial charge is 0.348 e. The summed E-state index contributed by atoms with van der Waals surface area (Å²) in [5.41, 5.74) is 7.78. The fourth-order valence-corrected chi connectivity index (χ4v) is 1.81. The van der Waals surface area contributed by atoms with Gasteiger partial charge in [0.1, 0.15) is 5.82 Å². The van der Waals surface area contributed by atoms with E-state index in [4.69, 9.17) is 5.73 Å². The number of hydrogen-bond acceptors (Lipinski definition) is 3. The number of amides is 1. The van der Waals surface area contributed by atoms with Crippen LogP contribution in [0, 0.1) is 5.92 Å². The number of imidazole rings is 1. The molecule has 0 fully saturated rings. The van der Waals surface area contributed by atoms with Crippen LogP contribution < -0.4 is 11.1 Å². The summed E-state index contributed by atoms with van der Waals surface area (Å²) in [4.78, 5) is 19.2. The van der Waals surface area contributed by atoms with Crippen LogP contribution in [-0.2, 0) is 11.3 Å². The Kier molecular flexibility index (Phi) is 6.39. The molecular formula is C15H21ClN4O. The number of nitrogens with zero attached hydrogens (tertiary/aromatic N) is 1. The van der Waals surface area contributed by atoms with Gasteiger partial charge >= 0.3 is 0 Å². The molecule has 114 valence electrons. The predicted octanol–water partition coefficient (Wildman–Crippen LogP) is 2.10. The van der Waals surface area contributed by atoms with Gasteiger partial charge in [-0.05, 0) is 11.5 Å². The average Bonchev–Trinajstić information content (AvgIpc) is 2.93. The number of aromatic amines is 1. The molecule has 2 aromatic rings. The van der Waals surface area contributed by atoms with Gasteiger partial charge in [0.25, 0.3) is 0 Å². The van der Waals surface area contributed by atoms with Crippen LogP contribution in [0.15, 0.2) is 36.5 Å². The molecule has 21 heavy (non-hydrogen) atoms. The molecule has 1 amide bonds. The lowest BCUT2D eigenvalue weighted by Gasteiger charge is -2.14. The molecule has 1 aromatic carbocycles. The summed E-state index contributed by atoms with van der Waals surface area (Å²) in [7, 11) is 0. The highest BCUT2D eigenvalue weighted by atomic mass is 35.5. The Balaban J connectivity index is 0.00000220. The maximum Gasteiger partial charge on any atom is 0.237 e. The molecule has 0 bridgehead atoms. The SMILES string of the molecule is CC(C)[C@H](N)C(=O)NCc1ncc(-c2ccccc2)[nH]1.Cl. The van der Waals surface area contributed by atoms with Gasteiger partial charge in [-0.3, -0.25) is 4.79 Å². The van der Waals surface area contributed by atoms with Crippen molar-refractivity contribution in [1.82, 2.24) is 15.3 Å². The van der Waals surface area contributed by atoms with Crippen LogP contribution in [-0.4, -0.2) is 21.9 Å². The highest BCUT2D eigenvalue weighted by Gasteiger charge is 2.16. The standard InChI is InChI=1S/C15H20N4O.ClH/c1-10(2)14(16)15(20)18-9-13-17-8-12(19-13)11-6-4-3-5-7-11;/h3-8,10,14H,9,16H2,1-2H3,(H,17,19)(H,18,20);1H/t14-;/m0./s1. The molecule has 1 aromatic heterocycles. The highest BCUT2D eigenvalue weighted by Crippen LogP contribution is 2.15. The fraction of sp³-hybridized carbons (Fsp3) is 0.333. The van der Waals surface area contributed by atoms with Crippen molar-refractivity contribution in [3.63, 3.8) is 0 Å². The molecule has 0 aliphatic carbocycles. The Hall–Kier alpha value is -1.85. The number of carbonyl (C=O) groups excluding carboxylic acids is 1. The Morgan fingerprint density at radius 1 is 1.33 bits per heavy atom. The third kappa shape index (κ3) is 4.58. The van der Waals surface area contributed by atoms with Crippen molar-refractivity contribution >= 4 is 18.3 Å². The monoisotopic (exact) mass is 308 g/mol. The average molecular weight is 309 g/mol. The van der Waals surface area contributed by atoms with Gasteiger partial charge in [-0.25, -0.2) is 4.98 Å². The first-order valence-electron chi connectivity index (χ1n) is 6.70. The normalized spacial score (nSPS) is 11.8. The van der Waals surface area contributed by atoms with Crippen molar-refractivity contribution < 1.29 is 4.79 Å². The van der Waals surface area contributed by atoms with Gasteiger partial charge in [0.15, 0.2) is 0 Å². The Morgan fingerprint density at radius 2 is 2.00 bits per heavy atom. The van der Waals surface area contributed by atoms with Gasteiger partial charge < -0.3 is 16.0 Å². The van der Waals surface area contributed by atoms with E-state index in [1.54, 1.807) is 6.20 Å². The number of rotatable bonds is 5. The molecular weight excluding hydrogens is 288 g/mol. The number of aromatic nitrogens is 2. The summed E-state index contributed by atoms with van der Waals surface area (Å²) in [5, 5.41) is 2.79. The maximum atomic E-state index is 11.8. The summed E-state index contributed by atoms with van der Waals surface area (Å²) < 4.78 is 0. The topological polar surface area (TPSA) is 83.8 Å². The number of nitrogens with one attached hydrogen (secondary N) is 2. The number of hydrogen-bond donors (Lipinski definition) is 3. The van der Waals surface area contributed by atoms with Crippen LogP contribution in [0.2, 0.25) is 0 Å². The van der Waals surface area contributed by atoms with E-state index in [0.29, 0.717) is 12.4 Å². The van der Waals surface area contributed by atoms with Gasteiger partial charge in [-0.1, -0.05) is 44.2 Å². The van der Waals surface area contributed by atoms with Crippen molar-refractivity contribution in [3.05, 3.63) is 42.4 Å². The molecule has 1 atom stereocenters. The van der Waals surface area contributed by atoms with Crippen LogP contribution in [0.4, 0.5) is 0 Å². The van der Waals surface area contributed by atoms with Gasteiger partial charge in [-0.2, -0.15) is 0 Å². The van der Waals surface area contributed by atoms with E-state index >= 15 is 0 Å². The molecule has 0 spiro atoms. The van der Waals surface area contributed by atoms with Gasteiger partial charge in [0.2, 0.25) is 5.91 Å². The van der Waals surface area contributed by atoms with Gasteiger partial charge in [-0.15, -0.1) is 12.4 Å². The molecule has 0 aliphatic rings. The first kappa shape index (κ1) is 17.2. The molecule has 0 unspecified atom stereocenters. The molecule has 0 saturated heterocycles. The second-order valence-electron chi connectivity index (χ2n) is 5.10. The van der Waals surface area contributed by atoms with Gasteiger partial charge in [0.05, 0.1) is 24.5 Å². The minimum atomic E-state index is -0.487. The van der Waals surface area contributed by atoms with Crippen LogP contribution in [0.3, 0.4) is 0 Å². The summed E-state index contributed by atoms with van der Waals surface area (Å²) >= 11 is 0. The molecule has 1 heterocycles. The summed E-state index contributed by atoms with van der Waals surface area (Å²) in [5.74, 6) is 0.678. The maximum absolute atomic E-state index is 11.8. The predicted molar refractivity (Wildman–Crippen MR) is 85.9 cm³/mol. The van der Waals surface area contributed by atoms with Crippen LogP contribution >= 0.6 is 12.4 Å². The summed E-state index contributed by atoms with van der Waals surface area (Å²) in [6, 6.07) is 9.43. The lowest BCUT2D eigenvalue weighted by Crippen LogP contribution is -2.43. The third-order valence-electron chi connectivity index (χ3n) is 3.16. The number of halogens is 1. The number of nitrogens with two attached hydrogens (primary N) is 1. The van der Waals surface area contributed by atoms with Crippen molar-refractivity contribution in [2.75, 3.05) is 0 Å².